The summed E-state index contributed by atoms with van der Waals surface area (Å²) in [5, 5.41) is 5.18. The third kappa shape index (κ3) is 44.3. The van der Waals surface area contributed by atoms with Crippen molar-refractivity contribution in [2.75, 3.05) is 87.6 Å². The van der Waals surface area contributed by atoms with E-state index >= 15 is 0 Å². The summed E-state index contributed by atoms with van der Waals surface area (Å²) < 4.78 is 35.8. The van der Waals surface area contributed by atoms with Crippen LogP contribution in [0.2, 0.25) is 0 Å². The fourth-order valence-electron chi connectivity index (χ4n) is 4.75. The van der Waals surface area contributed by atoms with E-state index in [1.165, 1.54) is 33.3 Å². The van der Waals surface area contributed by atoms with Crippen LogP contribution in [0, 0.1) is 0 Å². The predicted molar refractivity (Wildman–Crippen MR) is 273 cm³/mol. The zero-order valence-electron chi connectivity index (χ0n) is 41.7. The van der Waals surface area contributed by atoms with Gasteiger partial charge in [-0.15, -0.1) is 0 Å². The van der Waals surface area contributed by atoms with Gasteiger partial charge in [-0.05, 0) is 45.1 Å². The van der Waals surface area contributed by atoms with Crippen molar-refractivity contribution in [2.24, 2.45) is 0 Å². The highest BCUT2D eigenvalue weighted by Gasteiger charge is 2.17. The Kier molecular flexibility index (Phi) is 49.9. The van der Waals surface area contributed by atoms with Gasteiger partial charge in [0.15, 0.2) is 26.4 Å². The molecule has 0 aliphatic carbocycles. The molecule has 2 rings (SSSR count). The summed E-state index contributed by atoms with van der Waals surface area (Å²) in [6.45, 7) is 7.77. The minimum Gasteiger partial charge on any atom is -0.466 e. The van der Waals surface area contributed by atoms with Crippen molar-refractivity contribution in [3.05, 3.63) is 84.5 Å². The minimum absolute atomic E-state index is 0. The number of carbonyl (C=O) groups is 12. The van der Waals surface area contributed by atoms with Gasteiger partial charge in [0.1, 0.15) is 0 Å². The average Bonchev–Trinajstić information content (AvgIpc) is 3.40. The molecular weight excluding hydrogens is 989 g/mol. The Hall–Kier alpha value is -8.18. The van der Waals surface area contributed by atoms with Crippen LogP contribution in [-0.2, 0) is 102 Å². The Balaban J connectivity index is -0.000000287. The van der Waals surface area contributed by atoms with Crippen LogP contribution >= 0.6 is 0 Å². The Morgan fingerprint density at radius 1 is 0.493 bits per heavy atom. The van der Waals surface area contributed by atoms with Gasteiger partial charge < -0.3 is 58.3 Å². The number of ether oxygens (including phenoxy) is 8. The maximum atomic E-state index is 11.6. The van der Waals surface area contributed by atoms with E-state index in [9.17, 15) is 57.5 Å². The number of carbonyl (C=O) groups excluding carboxylic acids is 12. The summed E-state index contributed by atoms with van der Waals surface area (Å²) in [7, 11) is 4.79. The van der Waals surface area contributed by atoms with Gasteiger partial charge in [-0.2, -0.15) is 0 Å². The normalized spacial score (nSPS) is 10.9. The molecule has 0 unspecified atom stereocenters. The lowest BCUT2D eigenvalue weighted by molar-refractivity contribution is -0.148. The van der Waals surface area contributed by atoms with Crippen LogP contribution in [-0.4, -0.2) is 169 Å². The van der Waals surface area contributed by atoms with Gasteiger partial charge >= 0.3 is 47.8 Å². The van der Waals surface area contributed by atoms with Crippen molar-refractivity contribution in [1.82, 2.24) is 20.4 Å². The highest BCUT2D eigenvalue weighted by Crippen LogP contribution is 2.08. The number of amides is 4. The molecule has 422 valence electrons. The monoisotopic (exact) mass is 1070 g/mol. The summed E-state index contributed by atoms with van der Waals surface area (Å²) in [6, 6.07) is 9.33. The lowest BCUT2D eigenvalue weighted by Crippen LogP contribution is -2.38. The fourth-order valence-corrected chi connectivity index (χ4v) is 4.75. The number of methoxy groups -OCH3 is 4. The molecule has 24 nitrogen and oxygen atoms in total. The first-order valence-corrected chi connectivity index (χ1v) is 22.2. The molecule has 0 spiro atoms. The van der Waals surface area contributed by atoms with E-state index in [2.05, 4.69) is 43.8 Å². The van der Waals surface area contributed by atoms with Crippen LogP contribution in [0.15, 0.2) is 78.9 Å². The van der Waals surface area contributed by atoms with Crippen molar-refractivity contribution in [3.63, 3.8) is 0 Å². The topological polar surface area (TPSA) is 309 Å². The van der Waals surface area contributed by atoms with Gasteiger partial charge in [0, 0.05) is 87.9 Å². The molecule has 1 saturated heterocycles. The van der Waals surface area contributed by atoms with Crippen LogP contribution in [0.3, 0.4) is 0 Å². The minimum atomic E-state index is -0.787. The van der Waals surface area contributed by atoms with E-state index in [1.807, 2.05) is 51.1 Å². The summed E-state index contributed by atoms with van der Waals surface area (Å²) in [5.74, 6) is -6.92. The lowest BCUT2D eigenvalue weighted by Gasteiger charge is -2.26. The molecule has 1 fully saturated rings. The first-order chi connectivity index (χ1) is 34.4. The summed E-state index contributed by atoms with van der Waals surface area (Å²) in [6.07, 6.45) is 12.4. The highest BCUT2D eigenvalue weighted by molar-refractivity contribution is 5.95. The lowest BCUT2D eigenvalue weighted by atomic mass is 10.1. The second-order valence-electron chi connectivity index (χ2n) is 13.8. The number of benzene rings is 1. The third-order valence-electron chi connectivity index (χ3n) is 8.60. The maximum Gasteiger partial charge on any atom is 0.331 e. The van der Waals surface area contributed by atoms with E-state index in [0.29, 0.717) is 39.3 Å². The molecule has 2 N–H and O–H groups in total. The molecule has 1 aromatic rings. The smallest absolute Gasteiger partial charge is 0.331 e. The second kappa shape index (κ2) is 49.4. The summed E-state index contributed by atoms with van der Waals surface area (Å²) >= 11 is 0. The average molecular weight is 1070 g/mol. The van der Waals surface area contributed by atoms with Crippen molar-refractivity contribution in [2.45, 2.75) is 81.7 Å². The number of likely N-dealkylation sites (N-methyl/N-ethyl adjacent to an activating group) is 1. The highest BCUT2D eigenvalue weighted by atomic mass is 16.6. The molecule has 1 aliphatic rings. The molecule has 4 amide bonds. The van der Waals surface area contributed by atoms with Gasteiger partial charge in [0.25, 0.3) is 23.6 Å². The summed E-state index contributed by atoms with van der Waals surface area (Å²) in [4.78, 5) is 136. The van der Waals surface area contributed by atoms with Crippen molar-refractivity contribution in [3.8, 4) is 0 Å². The molecule has 0 bridgehead atoms. The van der Waals surface area contributed by atoms with E-state index in [4.69, 9.17) is 4.74 Å². The Bertz CT molecular complexity index is 2010. The van der Waals surface area contributed by atoms with Crippen LogP contribution in [0.1, 0.15) is 80.7 Å². The number of unbranched alkanes of at least 4 members (excludes halogenated alkanes) is 1. The number of nitrogens with zero attached hydrogens (tertiary/aromatic N) is 2. The largest absolute Gasteiger partial charge is 0.466 e. The number of likely N-dealkylation sites (tertiary alicyclic amines) is 1. The van der Waals surface area contributed by atoms with E-state index in [0.717, 1.165) is 86.3 Å². The Morgan fingerprint density at radius 3 is 1.23 bits per heavy atom. The first-order valence-electron chi connectivity index (χ1n) is 22.2. The van der Waals surface area contributed by atoms with E-state index in [-0.39, 0.29) is 59.8 Å². The quantitative estimate of drug-likeness (QED) is 0.0688. The Labute approximate surface area is 440 Å². The SMILES string of the molecule is C.C.C.CCCCNC(=O)COC(=O)/C=C/C(=O)OC.CCN(CC)C(=O)COC(=O)/C=C/C(=O)OC.COC(=O)/C=C/C(=O)OCC(=O)N1CCCCC1.COC(=O)/C=C/C(=O)OCC(=O)NCc1ccccc1. The van der Waals surface area contributed by atoms with Gasteiger partial charge in [0.2, 0.25) is 0 Å². The zero-order chi connectivity index (χ0) is 54.5. The van der Waals surface area contributed by atoms with Gasteiger partial charge in [-0.25, -0.2) is 38.4 Å². The van der Waals surface area contributed by atoms with Crippen LogP contribution in [0.4, 0.5) is 0 Å². The van der Waals surface area contributed by atoms with E-state index in [1.54, 1.807) is 4.90 Å². The Morgan fingerprint density at radius 2 is 0.853 bits per heavy atom. The molecule has 0 radical (unpaired) electrons. The maximum absolute atomic E-state index is 11.6. The molecule has 75 heavy (non-hydrogen) atoms. The molecule has 1 aliphatic heterocycles. The van der Waals surface area contributed by atoms with Gasteiger partial charge in [-0.3, -0.25) is 19.2 Å². The molecule has 1 aromatic carbocycles. The number of nitrogens with one attached hydrogen (secondary N) is 2. The second-order valence-corrected chi connectivity index (χ2v) is 13.8. The number of piperidine rings is 1. The van der Waals surface area contributed by atoms with Crippen molar-refractivity contribution in [1.29, 1.82) is 0 Å². The number of hydrogen-bond acceptors (Lipinski definition) is 20. The summed E-state index contributed by atoms with van der Waals surface area (Å²) in [5.41, 5.74) is 0.942. The van der Waals surface area contributed by atoms with Crippen LogP contribution in [0.25, 0.3) is 0 Å². The number of hydrogen-bond donors (Lipinski definition) is 2. The van der Waals surface area contributed by atoms with E-state index < -0.39 is 60.3 Å². The standard InChI is InChI=1S/C14H15NO5.C12H17NO5.2C11H17NO5.3CH4/c1-19-13(17)7-8-14(18)20-10-12(16)15-9-11-5-3-2-4-6-11;1-17-11(15)5-6-12(16)18-9-10(14)13-7-3-2-4-8-13;1-4-12(5-2)9(13)8-17-11(15)7-6-10(14)16-3;1-3-4-7-12-9(13)8-17-11(15)6-5-10(14)16-2;;;/h2-8H,9-10H2,1H3,(H,15,16);5-6H,2-4,7-9H2,1H3;6-7H,4-5,8H2,1-3H3;5-6H,3-4,7-8H2,1-2H3,(H,12,13);3*1H4/b8-7+;6-5+;7-6+;6-5+;;;. The first kappa shape index (κ1) is 75.7. The predicted octanol–water partition coefficient (Wildman–Crippen LogP) is 3.06. The van der Waals surface area contributed by atoms with Crippen molar-refractivity contribution >= 4 is 71.4 Å². The molecular formula is C51H78N4O20. The molecule has 0 aromatic heterocycles. The molecule has 0 atom stereocenters. The molecule has 24 heteroatoms. The zero-order valence-corrected chi connectivity index (χ0v) is 41.7. The number of rotatable bonds is 23. The third-order valence-corrected chi connectivity index (χ3v) is 8.60. The van der Waals surface area contributed by atoms with Crippen molar-refractivity contribution < 1.29 is 95.4 Å². The van der Waals surface area contributed by atoms with Gasteiger partial charge in [0.05, 0.1) is 28.4 Å². The van der Waals surface area contributed by atoms with Crippen LogP contribution in [0.5, 0.6) is 0 Å². The van der Waals surface area contributed by atoms with Gasteiger partial charge in [-0.1, -0.05) is 66.0 Å². The fraction of sp³-hybridized carbons (Fsp3) is 0.490. The van der Waals surface area contributed by atoms with Crippen LogP contribution < -0.4 is 10.6 Å². The number of esters is 8. The molecule has 1 heterocycles. The molecule has 0 saturated carbocycles.